The molecule has 1 aliphatic rings. The van der Waals surface area contributed by atoms with Crippen LogP contribution in [0.25, 0.3) is 0 Å². The van der Waals surface area contributed by atoms with Gasteiger partial charge >= 0.3 is 5.13 Å². The fourth-order valence-electron chi connectivity index (χ4n) is 2.56. The molecule has 0 amide bonds. The minimum atomic E-state index is -1.13. The first kappa shape index (κ1) is 17.9. The molecule has 1 fully saturated rings. The number of hydroxylamine groups is 2. The summed E-state index contributed by atoms with van der Waals surface area (Å²) in [4.78, 5) is 1.97. The maximum absolute atomic E-state index is 13.2. The van der Waals surface area contributed by atoms with Crippen molar-refractivity contribution >= 4 is 32.4 Å². The van der Waals surface area contributed by atoms with Crippen molar-refractivity contribution in [3.05, 3.63) is 22.9 Å². The molecule has 1 aliphatic heterocycles. The van der Waals surface area contributed by atoms with Crippen LogP contribution in [0.15, 0.2) is 12.7 Å². The Bertz CT molecular complexity index is 503. The number of quaternary nitrogens is 1. The maximum Gasteiger partial charge on any atom is 0.309 e. The number of hydrogen-bond acceptors (Lipinski definition) is 7. The summed E-state index contributed by atoms with van der Waals surface area (Å²) >= 11 is 4.62. The van der Waals surface area contributed by atoms with Gasteiger partial charge in [0.2, 0.25) is 6.23 Å². The van der Waals surface area contributed by atoms with Gasteiger partial charge in [-0.05, 0) is 17.8 Å². The molecule has 9 heteroatoms. The first-order valence-corrected chi connectivity index (χ1v) is 9.00. The highest BCUT2D eigenvalue weighted by Crippen LogP contribution is 2.36. The Kier molecular flexibility index (Phi) is 6.45. The van der Waals surface area contributed by atoms with E-state index in [1.807, 2.05) is 4.90 Å². The van der Waals surface area contributed by atoms with E-state index in [1.165, 1.54) is 11.3 Å². The summed E-state index contributed by atoms with van der Waals surface area (Å²) in [5.41, 5.74) is 0. The van der Waals surface area contributed by atoms with Crippen LogP contribution in [-0.2, 0) is 11.2 Å². The van der Waals surface area contributed by atoms with Crippen molar-refractivity contribution < 1.29 is 9.84 Å². The van der Waals surface area contributed by atoms with E-state index in [4.69, 9.17) is 4.74 Å². The van der Waals surface area contributed by atoms with Crippen LogP contribution in [0.5, 0.6) is 0 Å². The van der Waals surface area contributed by atoms with Gasteiger partial charge in [-0.3, -0.25) is 4.65 Å². The Morgan fingerprint density at radius 3 is 3.05 bits per heavy atom. The minimum Gasteiger partial charge on any atom is -0.623 e. The second kappa shape index (κ2) is 7.91. The van der Waals surface area contributed by atoms with Gasteiger partial charge < -0.3 is 15.1 Å². The van der Waals surface area contributed by atoms with Crippen LogP contribution < -0.4 is 4.65 Å². The number of ether oxygens (including phenoxy) is 1. The van der Waals surface area contributed by atoms with Crippen LogP contribution in [0.2, 0.25) is 0 Å². The van der Waals surface area contributed by atoms with E-state index in [0.29, 0.717) is 13.0 Å². The molecule has 1 aromatic rings. The third kappa shape index (κ3) is 3.56. The Morgan fingerprint density at radius 1 is 1.64 bits per heavy atom. The molecule has 7 nitrogen and oxygen atoms in total. The van der Waals surface area contributed by atoms with Crippen LogP contribution in [-0.4, -0.2) is 64.7 Å². The van der Waals surface area contributed by atoms with E-state index < -0.39 is 10.9 Å². The third-order valence-corrected chi connectivity index (χ3v) is 5.27. The number of nitrogens with zero attached hydrogens (tertiary/aromatic N) is 4. The highest BCUT2D eigenvalue weighted by molar-refractivity contribution is 9.09. The average Bonchev–Trinajstić information content (AvgIpc) is 3.06. The molecule has 1 N–H and O–H groups in total. The number of methoxy groups -OCH3 is 1. The van der Waals surface area contributed by atoms with Crippen molar-refractivity contribution in [2.45, 2.75) is 25.1 Å². The van der Waals surface area contributed by atoms with Crippen LogP contribution >= 0.6 is 27.3 Å². The van der Waals surface area contributed by atoms with Crippen molar-refractivity contribution in [1.29, 1.82) is 0 Å². The van der Waals surface area contributed by atoms with Gasteiger partial charge in [0.05, 0.1) is 6.61 Å². The molecule has 1 saturated heterocycles. The van der Waals surface area contributed by atoms with E-state index in [2.05, 4.69) is 32.7 Å². The van der Waals surface area contributed by atoms with Gasteiger partial charge in [0, 0.05) is 25.4 Å². The van der Waals surface area contributed by atoms with Crippen LogP contribution in [0.4, 0.5) is 5.13 Å². The van der Waals surface area contributed by atoms with Crippen molar-refractivity contribution in [3.63, 3.8) is 0 Å². The summed E-state index contributed by atoms with van der Waals surface area (Å²) in [5.74, 6) is 0. The van der Waals surface area contributed by atoms with Gasteiger partial charge in [-0.2, -0.15) is 0 Å². The summed E-state index contributed by atoms with van der Waals surface area (Å²) in [6, 6.07) is -0.340. The van der Waals surface area contributed by atoms with Crippen molar-refractivity contribution in [2.75, 3.05) is 32.3 Å². The number of alkyl halides is 1. The van der Waals surface area contributed by atoms with Crippen LogP contribution in [0.1, 0.15) is 11.4 Å². The molecule has 3 atom stereocenters. The summed E-state index contributed by atoms with van der Waals surface area (Å²) < 4.78 is 4.29. The van der Waals surface area contributed by atoms with Crippen molar-refractivity contribution in [1.82, 2.24) is 19.7 Å². The van der Waals surface area contributed by atoms with E-state index in [0.717, 1.165) is 23.3 Å². The second-order valence-corrected chi connectivity index (χ2v) is 7.03. The summed E-state index contributed by atoms with van der Waals surface area (Å²) in [6.45, 7) is 4.84. The molecule has 1 aromatic heterocycles. The lowest BCUT2D eigenvalue weighted by atomic mass is 10.2. The topological polar surface area (TPSA) is 81.5 Å². The second-order valence-electron chi connectivity index (χ2n) is 5.20. The molecule has 3 unspecified atom stereocenters. The molecule has 0 aromatic carbocycles. The molecule has 0 saturated carbocycles. The van der Waals surface area contributed by atoms with Crippen LogP contribution in [0.3, 0.4) is 0 Å². The molecule has 2 heterocycles. The van der Waals surface area contributed by atoms with Gasteiger partial charge in [0.15, 0.2) is 0 Å². The molecule has 124 valence electrons. The van der Waals surface area contributed by atoms with Crippen molar-refractivity contribution in [2.24, 2.45) is 0 Å². The van der Waals surface area contributed by atoms with Crippen molar-refractivity contribution in [3.8, 4) is 0 Å². The molecular weight excluding hydrogens is 372 g/mol. The fourth-order valence-corrected chi connectivity index (χ4v) is 3.71. The zero-order valence-corrected chi connectivity index (χ0v) is 14.9. The van der Waals surface area contributed by atoms with E-state index >= 15 is 0 Å². The lowest BCUT2D eigenvalue weighted by molar-refractivity contribution is 0.0193. The molecular formula is C13H21BrN4O3S. The lowest BCUT2D eigenvalue weighted by Crippen LogP contribution is -2.51. The molecule has 0 bridgehead atoms. The Hall–Kier alpha value is -0.420. The van der Waals surface area contributed by atoms with Gasteiger partial charge in [-0.1, -0.05) is 27.1 Å². The van der Waals surface area contributed by atoms with Gasteiger partial charge in [-0.25, -0.2) is 4.90 Å². The number of allylic oxidation sites excluding steroid dienone is 1. The number of hydrogen-bond donors (Lipinski definition) is 1. The zero-order valence-electron chi connectivity index (χ0n) is 12.5. The quantitative estimate of drug-likeness (QED) is 0.312. The fraction of sp³-hybridized carbons (Fsp3) is 0.692. The Balaban J connectivity index is 2.22. The summed E-state index contributed by atoms with van der Waals surface area (Å²) in [5, 5.41) is 33.6. The first-order chi connectivity index (χ1) is 10.6. The maximum atomic E-state index is 13.2. The number of aliphatic hydroxyl groups is 1. The monoisotopic (exact) mass is 392 g/mol. The average molecular weight is 393 g/mol. The standard InChI is InChI=1S/C13H21BrN4O3S/c1-3-5-11-15-16-13(22-11)18(20)9-17(7-4-6-14)10(8-21-2)12(18)19/h3,10,12,19H,1,4-9H2,2H3. The Labute approximate surface area is 142 Å². The minimum absolute atomic E-state index is 0.158. The third-order valence-electron chi connectivity index (χ3n) is 3.65. The predicted octanol–water partition coefficient (Wildman–Crippen LogP) is 1.46. The summed E-state index contributed by atoms with van der Waals surface area (Å²) in [6.07, 6.45) is 2.06. The van der Waals surface area contributed by atoms with E-state index in [1.54, 1.807) is 13.2 Å². The van der Waals surface area contributed by atoms with Gasteiger partial charge in [0.25, 0.3) is 0 Å². The smallest absolute Gasteiger partial charge is 0.309 e. The zero-order chi connectivity index (χ0) is 16.2. The van der Waals surface area contributed by atoms with Gasteiger partial charge in [-0.15, -0.1) is 11.7 Å². The largest absolute Gasteiger partial charge is 0.623 e. The normalized spacial score (nSPS) is 29.1. The predicted molar refractivity (Wildman–Crippen MR) is 90.6 cm³/mol. The highest BCUT2D eigenvalue weighted by Gasteiger charge is 2.50. The van der Waals surface area contributed by atoms with Crippen LogP contribution in [0, 0.1) is 5.21 Å². The van der Waals surface area contributed by atoms with E-state index in [9.17, 15) is 10.3 Å². The summed E-state index contributed by atoms with van der Waals surface area (Å²) in [7, 11) is 1.57. The highest BCUT2D eigenvalue weighted by atomic mass is 79.9. The molecule has 0 aliphatic carbocycles. The Morgan fingerprint density at radius 2 is 2.41 bits per heavy atom. The molecule has 0 spiro atoms. The van der Waals surface area contributed by atoms with Gasteiger partial charge in [0.1, 0.15) is 17.7 Å². The lowest BCUT2D eigenvalue weighted by Gasteiger charge is -2.37. The van der Waals surface area contributed by atoms with E-state index in [-0.39, 0.29) is 17.8 Å². The SMILES string of the molecule is C=CCc1nnc([N+]2([O-])CN(CCCBr)C(COC)C2O)s1. The molecule has 0 radical (unpaired) electrons. The first-order valence-electron chi connectivity index (χ1n) is 7.06. The number of aliphatic hydroxyl groups excluding tert-OH is 1. The number of halogens is 1. The number of rotatable bonds is 8. The molecule has 22 heavy (non-hydrogen) atoms. The number of aromatic nitrogens is 2. The molecule has 2 rings (SSSR count).